The lowest BCUT2D eigenvalue weighted by atomic mass is 9.77. The lowest BCUT2D eigenvalue weighted by Crippen LogP contribution is -2.50. The molecule has 1 amide bonds. The molecule has 3 aromatic heterocycles. The lowest BCUT2D eigenvalue weighted by Gasteiger charge is -2.37. The molecule has 0 unspecified atom stereocenters. The van der Waals surface area contributed by atoms with E-state index in [4.69, 9.17) is 9.15 Å². The Bertz CT molecular complexity index is 969. The van der Waals surface area contributed by atoms with E-state index in [0.29, 0.717) is 17.4 Å². The molecule has 2 fully saturated rings. The number of hydrogen-bond acceptors (Lipinski definition) is 6. The second kappa shape index (κ2) is 6.94. The van der Waals surface area contributed by atoms with Crippen LogP contribution in [0.2, 0.25) is 0 Å². The zero-order valence-corrected chi connectivity index (χ0v) is 15.7. The van der Waals surface area contributed by atoms with Gasteiger partial charge >= 0.3 is 0 Å². The van der Waals surface area contributed by atoms with Crippen molar-refractivity contribution < 1.29 is 13.9 Å². The minimum Gasteiger partial charge on any atom is -0.472 e. The lowest BCUT2D eigenvalue weighted by molar-refractivity contribution is 0.0125. The number of furan rings is 1. The average molecular weight is 381 g/mol. The number of anilines is 1. The van der Waals surface area contributed by atoms with Crippen molar-refractivity contribution in [1.29, 1.82) is 0 Å². The summed E-state index contributed by atoms with van der Waals surface area (Å²) in [6.45, 7) is 1.86. The van der Waals surface area contributed by atoms with Gasteiger partial charge in [0.15, 0.2) is 5.82 Å². The topological polar surface area (TPSA) is 96.3 Å². The fraction of sp³-hybridized carbons (Fsp3) is 0.450. The SMILES string of the molecule is CO[C@H]1C[C@@H]2CN(c3ncnc4cc[nH]c34)C[C@@H]2C[C@@H]1NC(=O)c1ccoc1. The Morgan fingerprint density at radius 2 is 2.14 bits per heavy atom. The third kappa shape index (κ3) is 2.93. The zero-order valence-electron chi connectivity index (χ0n) is 15.7. The second-order valence-electron chi connectivity index (χ2n) is 7.70. The summed E-state index contributed by atoms with van der Waals surface area (Å²) < 4.78 is 10.8. The van der Waals surface area contributed by atoms with E-state index in [1.165, 1.54) is 12.5 Å². The molecule has 28 heavy (non-hydrogen) atoms. The summed E-state index contributed by atoms with van der Waals surface area (Å²) in [5, 5.41) is 3.14. The van der Waals surface area contributed by atoms with Crippen LogP contribution in [-0.2, 0) is 4.74 Å². The molecule has 0 bridgehead atoms. The molecule has 1 saturated heterocycles. The first-order chi connectivity index (χ1) is 13.7. The number of ether oxygens (including phenoxy) is 1. The number of H-pyrrole nitrogens is 1. The van der Waals surface area contributed by atoms with Gasteiger partial charge in [0.2, 0.25) is 0 Å². The van der Waals surface area contributed by atoms with Gasteiger partial charge in [-0.3, -0.25) is 4.79 Å². The Balaban J connectivity index is 1.33. The minimum atomic E-state index is -0.113. The Morgan fingerprint density at radius 1 is 1.29 bits per heavy atom. The van der Waals surface area contributed by atoms with Gasteiger partial charge in [-0.1, -0.05) is 0 Å². The number of methoxy groups -OCH3 is 1. The van der Waals surface area contributed by atoms with Crippen LogP contribution in [0.25, 0.3) is 11.0 Å². The molecule has 1 saturated carbocycles. The van der Waals surface area contributed by atoms with Crippen LogP contribution in [0.5, 0.6) is 0 Å². The van der Waals surface area contributed by atoms with Gasteiger partial charge in [0, 0.05) is 26.4 Å². The molecule has 3 aromatic rings. The summed E-state index contributed by atoms with van der Waals surface area (Å²) >= 11 is 0. The smallest absolute Gasteiger partial charge is 0.254 e. The maximum absolute atomic E-state index is 12.5. The summed E-state index contributed by atoms with van der Waals surface area (Å²) in [6.07, 6.45) is 8.32. The van der Waals surface area contributed by atoms with Crippen molar-refractivity contribution in [2.75, 3.05) is 25.1 Å². The first kappa shape index (κ1) is 17.2. The van der Waals surface area contributed by atoms with Crippen molar-refractivity contribution in [3.63, 3.8) is 0 Å². The monoisotopic (exact) mass is 381 g/mol. The van der Waals surface area contributed by atoms with Crippen LogP contribution in [-0.4, -0.2) is 53.2 Å². The molecule has 0 radical (unpaired) electrons. The molecule has 8 heteroatoms. The molecule has 0 aromatic carbocycles. The molecule has 1 aliphatic heterocycles. The number of nitrogens with one attached hydrogen (secondary N) is 2. The molecule has 4 atom stereocenters. The minimum absolute atomic E-state index is 0.00737. The normalized spacial score (nSPS) is 27.1. The van der Waals surface area contributed by atoms with Crippen LogP contribution in [0.15, 0.2) is 41.6 Å². The molecule has 8 nitrogen and oxygen atoms in total. The molecule has 2 aliphatic rings. The van der Waals surface area contributed by atoms with Crippen LogP contribution < -0.4 is 10.2 Å². The molecule has 5 rings (SSSR count). The predicted molar refractivity (Wildman–Crippen MR) is 103 cm³/mol. The fourth-order valence-electron chi connectivity index (χ4n) is 4.74. The Kier molecular flexibility index (Phi) is 4.27. The van der Waals surface area contributed by atoms with Crippen molar-refractivity contribution >= 4 is 22.8 Å². The van der Waals surface area contributed by atoms with E-state index in [0.717, 1.165) is 42.8 Å². The zero-order chi connectivity index (χ0) is 19.1. The number of nitrogens with zero attached hydrogens (tertiary/aromatic N) is 3. The highest BCUT2D eigenvalue weighted by atomic mass is 16.5. The van der Waals surface area contributed by atoms with E-state index in [2.05, 4.69) is 25.2 Å². The van der Waals surface area contributed by atoms with Gasteiger partial charge in [-0.2, -0.15) is 0 Å². The van der Waals surface area contributed by atoms with Gasteiger partial charge in [0.05, 0.1) is 29.5 Å². The van der Waals surface area contributed by atoms with Crippen molar-refractivity contribution in [1.82, 2.24) is 20.3 Å². The molecule has 4 heterocycles. The van der Waals surface area contributed by atoms with E-state index in [9.17, 15) is 4.79 Å². The van der Waals surface area contributed by atoms with Crippen LogP contribution >= 0.6 is 0 Å². The molecular formula is C20H23N5O3. The number of aromatic amines is 1. The quantitative estimate of drug-likeness (QED) is 0.719. The number of rotatable bonds is 4. The number of carbonyl (C=O) groups is 1. The van der Waals surface area contributed by atoms with Crippen molar-refractivity contribution in [3.8, 4) is 0 Å². The highest BCUT2D eigenvalue weighted by Crippen LogP contribution is 2.39. The first-order valence-electron chi connectivity index (χ1n) is 9.62. The third-order valence-corrected chi connectivity index (χ3v) is 6.14. The highest BCUT2D eigenvalue weighted by molar-refractivity contribution is 5.94. The summed E-state index contributed by atoms with van der Waals surface area (Å²) in [7, 11) is 1.72. The maximum Gasteiger partial charge on any atom is 0.254 e. The number of fused-ring (bicyclic) bond motifs is 2. The van der Waals surface area contributed by atoms with Crippen LogP contribution in [0.4, 0.5) is 5.82 Å². The number of amides is 1. The van der Waals surface area contributed by atoms with Gasteiger partial charge in [0.25, 0.3) is 5.91 Å². The van der Waals surface area contributed by atoms with Crippen LogP contribution in [0.1, 0.15) is 23.2 Å². The van der Waals surface area contributed by atoms with Gasteiger partial charge in [-0.25, -0.2) is 9.97 Å². The van der Waals surface area contributed by atoms with Gasteiger partial charge in [-0.15, -0.1) is 0 Å². The second-order valence-corrected chi connectivity index (χ2v) is 7.70. The predicted octanol–water partition coefficient (Wildman–Crippen LogP) is 2.21. The highest BCUT2D eigenvalue weighted by Gasteiger charge is 2.43. The molecule has 0 spiro atoms. The van der Waals surface area contributed by atoms with E-state index in [-0.39, 0.29) is 18.1 Å². The first-order valence-corrected chi connectivity index (χ1v) is 9.62. The fourth-order valence-corrected chi connectivity index (χ4v) is 4.74. The number of aromatic nitrogens is 3. The average Bonchev–Trinajstić information content (AvgIpc) is 3.46. The molecular weight excluding hydrogens is 358 g/mol. The number of carbonyl (C=O) groups excluding carboxylic acids is 1. The Labute approximate surface area is 162 Å². The van der Waals surface area contributed by atoms with Crippen molar-refractivity contribution in [2.45, 2.75) is 25.0 Å². The van der Waals surface area contributed by atoms with E-state index in [1.54, 1.807) is 19.5 Å². The van der Waals surface area contributed by atoms with Crippen LogP contribution in [0.3, 0.4) is 0 Å². The maximum atomic E-state index is 12.5. The van der Waals surface area contributed by atoms with Crippen molar-refractivity contribution in [2.24, 2.45) is 11.8 Å². The standard InChI is InChI=1S/C20H23N5O3/c1-27-17-7-14-9-25(19-18-15(2-4-21-18)22-11-23-19)8-13(14)6-16(17)24-20(26)12-3-5-28-10-12/h2-5,10-11,13-14,16-17,21H,6-9H2,1H3,(H,24,26)/t13-,14+,16-,17-/m0/s1. The Morgan fingerprint density at radius 3 is 2.93 bits per heavy atom. The third-order valence-electron chi connectivity index (χ3n) is 6.14. The molecule has 2 N–H and O–H groups in total. The van der Waals surface area contributed by atoms with Gasteiger partial charge < -0.3 is 24.4 Å². The van der Waals surface area contributed by atoms with Gasteiger partial charge in [0.1, 0.15) is 18.1 Å². The molecule has 146 valence electrons. The van der Waals surface area contributed by atoms with E-state index in [1.807, 2.05) is 12.3 Å². The van der Waals surface area contributed by atoms with Gasteiger partial charge in [-0.05, 0) is 36.8 Å². The van der Waals surface area contributed by atoms with E-state index >= 15 is 0 Å². The summed E-state index contributed by atoms with van der Waals surface area (Å²) in [4.78, 5) is 26.9. The van der Waals surface area contributed by atoms with Crippen molar-refractivity contribution in [3.05, 3.63) is 42.7 Å². The Hall–Kier alpha value is -2.87. The van der Waals surface area contributed by atoms with E-state index < -0.39 is 0 Å². The largest absolute Gasteiger partial charge is 0.472 e. The summed E-state index contributed by atoms with van der Waals surface area (Å²) in [6, 6.07) is 3.63. The summed E-state index contributed by atoms with van der Waals surface area (Å²) in [5.41, 5.74) is 2.45. The molecule has 1 aliphatic carbocycles. The number of hydrogen-bond donors (Lipinski definition) is 2. The van der Waals surface area contributed by atoms with Crippen LogP contribution in [0, 0.1) is 11.8 Å². The summed E-state index contributed by atoms with van der Waals surface area (Å²) in [5.74, 6) is 1.85.